The molecule has 0 radical (unpaired) electrons. The minimum atomic E-state index is -0.222. The van der Waals surface area contributed by atoms with Gasteiger partial charge in [0.05, 0.1) is 6.54 Å². The summed E-state index contributed by atoms with van der Waals surface area (Å²) in [6.45, 7) is 5.27. The van der Waals surface area contributed by atoms with E-state index in [0.717, 1.165) is 49.0 Å². The highest BCUT2D eigenvalue weighted by molar-refractivity contribution is 6.30. The topological polar surface area (TPSA) is 70.7 Å². The lowest BCUT2D eigenvalue weighted by atomic mass is 9.95. The maximum Gasteiger partial charge on any atom is 0.217 e. The van der Waals surface area contributed by atoms with Gasteiger partial charge in [-0.2, -0.15) is 0 Å². The summed E-state index contributed by atoms with van der Waals surface area (Å²) < 4.78 is 0. The molecule has 1 aromatic rings. The number of nitrogens with zero attached hydrogens (tertiary/aromatic N) is 2. The average molecular weight is 337 g/mol. The second-order valence-electron chi connectivity index (χ2n) is 5.92. The van der Waals surface area contributed by atoms with Crippen LogP contribution in [0.15, 0.2) is 29.3 Å². The number of benzene rings is 1. The molecule has 1 unspecified atom stereocenters. The van der Waals surface area contributed by atoms with Crippen LogP contribution in [0.3, 0.4) is 0 Å². The number of halogens is 1. The number of hydrogen-bond donors (Lipinski definition) is 2. The average Bonchev–Trinajstić information content (AvgIpc) is 2.52. The van der Waals surface area contributed by atoms with Gasteiger partial charge in [0, 0.05) is 31.1 Å². The molecule has 1 atom stereocenters. The van der Waals surface area contributed by atoms with Gasteiger partial charge in [0.15, 0.2) is 5.96 Å². The van der Waals surface area contributed by atoms with Gasteiger partial charge in [-0.05, 0) is 43.4 Å². The Balaban J connectivity index is 2.02. The highest BCUT2D eigenvalue weighted by atomic mass is 35.5. The van der Waals surface area contributed by atoms with Crippen molar-refractivity contribution in [3.63, 3.8) is 0 Å². The zero-order chi connectivity index (χ0) is 16.7. The summed E-state index contributed by atoms with van der Waals surface area (Å²) >= 11 is 5.91. The molecule has 1 heterocycles. The van der Waals surface area contributed by atoms with E-state index in [-0.39, 0.29) is 5.91 Å². The minimum Gasteiger partial charge on any atom is -0.370 e. The molecule has 5 nitrogen and oxygen atoms in total. The molecule has 0 aliphatic carbocycles. The quantitative estimate of drug-likeness (QED) is 0.640. The Morgan fingerprint density at radius 3 is 2.83 bits per heavy atom. The number of primary amides is 1. The van der Waals surface area contributed by atoms with Crippen LogP contribution in [0, 0.1) is 5.92 Å². The van der Waals surface area contributed by atoms with E-state index in [9.17, 15) is 4.79 Å². The minimum absolute atomic E-state index is 0.222. The van der Waals surface area contributed by atoms with E-state index in [2.05, 4.69) is 17.1 Å². The van der Waals surface area contributed by atoms with Crippen LogP contribution in [0.4, 0.5) is 0 Å². The molecule has 1 saturated heterocycles. The fraction of sp³-hybridized carbons (Fsp3) is 0.529. The number of carbonyl (C=O) groups is 1. The van der Waals surface area contributed by atoms with Crippen molar-refractivity contribution < 1.29 is 4.79 Å². The van der Waals surface area contributed by atoms with E-state index in [1.807, 2.05) is 24.3 Å². The summed E-state index contributed by atoms with van der Waals surface area (Å²) in [7, 11) is 0. The predicted octanol–water partition coefficient (Wildman–Crippen LogP) is 2.39. The second kappa shape index (κ2) is 8.77. The van der Waals surface area contributed by atoms with Crippen molar-refractivity contribution in [2.24, 2.45) is 16.6 Å². The summed E-state index contributed by atoms with van der Waals surface area (Å²) in [5.41, 5.74) is 6.46. The molecule has 1 fully saturated rings. The molecular formula is C17H25ClN4O. The Hall–Kier alpha value is -1.75. The highest BCUT2D eigenvalue weighted by Gasteiger charge is 2.23. The number of guanidine groups is 1. The van der Waals surface area contributed by atoms with Crippen LogP contribution >= 0.6 is 11.6 Å². The normalized spacial score (nSPS) is 18.8. The molecule has 1 aliphatic rings. The largest absolute Gasteiger partial charge is 0.370 e. The van der Waals surface area contributed by atoms with Crippen molar-refractivity contribution in [1.82, 2.24) is 10.2 Å². The van der Waals surface area contributed by atoms with Gasteiger partial charge in [-0.15, -0.1) is 0 Å². The molecule has 23 heavy (non-hydrogen) atoms. The molecular weight excluding hydrogens is 312 g/mol. The number of piperidine rings is 1. The maximum atomic E-state index is 11.2. The zero-order valence-electron chi connectivity index (χ0n) is 13.6. The van der Waals surface area contributed by atoms with Gasteiger partial charge in [-0.3, -0.25) is 4.79 Å². The number of likely N-dealkylation sites (tertiary alicyclic amines) is 1. The Labute approximate surface area is 142 Å². The number of nitrogens with one attached hydrogen (secondary N) is 1. The van der Waals surface area contributed by atoms with Crippen LogP contribution in [-0.2, 0) is 11.3 Å². The van der Waals surface area contributed by atoms with Crippen molar-refractivity contribution in [2.75, 3.05) is 19.6 Å². The van der Waals surface area contributed by atoms with Gasteiger partial charge in [-0.1, -0.05) is 23.7 Å². The number of hydrogen-bond acceptors (Lipinski definition) is 2. The first-order valence-corrected chi connectivity index (χ1v) is 8.52. The van der Waals surface area contributed by atoms with Gasteiger partial charge >= 0.3 is 0 Å². The van der Waals surface area contributed by atoms with Crippen LogP contribution in [0.1, 0.15) is 31.7 Å². The monoisotopic (exact) mass is 336 g/mol. The van der Waals surface area contributed by atoms with Crippen LogP contribution in [0.25, 0.3) is 0 Å². The summed E-state index contributed by atoms with van der Waals surface area (Å²) in [5, 5.41) is 4.07. The fourth-order valence-electron chi connectivity index (χ4n) is 2.89. The molecule has 0 saturated carbocycles. The lowest BCUT2D eigenvalue weighted by Crippen LogP contribution is -2.47. The van der Waals surface area contributed by atoms with Crippen molar-refractivity contribution in [3.05, 3.63) is 34.9 Å². The number of aliphatic imine (C=N–C) groups is 1. The molecule has 2 rings (SSSR count). The number of nitrogens with two attached hydrogens (primary N) is 1. The SMILES string of the molecule is CCNC(=NCc1ccc(Cl)cc1)N1CCCC(CC(N)=O)C1. The van der Waals surface area contributed by atoms with Crippen molar-refractivity contribution >= 4 is 23.5 Å². The third-order valence-electron chi connectivity index (χ3n) is 3.97. The van der Waals surface area contributed by atoms with E-state index in [1.54, 1.807) is 0 Å². The van der Waals surface area contributed by atoms with E-state index < -0.39 is 0 Å². The Morgan fingerprint density at radius 1 is 1.43 bits per heavy atom. The van der Waals surface area contributed by atoms with Gasteiger partial charge in [0.25, 0.3) is 0 Å². The lowest BCUT2D eigenvalue weighted by molar-refractivity contribution is -0.119. The first-order chi connectivity index (χ1) is 11.1. The molecule has 126 valence electrons. The maximum absolute atomic E-state index is 11.2. The van der Waals surface area contributed by atoms with Gasteiger partial charge in [0.1, 0.15) is 0 Å². The van der Waals surface area contributed by atoms with E-state index in [1.165, 1.54) is 0 Å². The van der Waals surface area contributed by atoms with Gasteiger partial charge in [0.2, 0.25) is 5.91 Å². The number of amides is 1. The summed E-state index contributed by atoms with van der Waals surface area (Å²) in [6.07, 6.45) is 2.56. The molecule has 3 N–H and O–H groups in total. The predicted molar refractivity (Wildman–Crippen MR) is 94.4 cm³/mol. The first kappa shape index (κ1) is 17.6. The third kappa shape index (κ3) is 5.75. The van der Waals surface area contributed by atoms with Crippen molar-refractivity contribution in [3.8, 4) is 0 Å². The third-order valence-corrected chi connectivity index (χ3v) is 4.22. The highest BCUT2D eigenvalue weighted by Crippen LogP contribution is 2.19. The van der Waals surface area contributed by atoms with Crippen molar-refractivity contribution in [1.29, 1.82) is 0 Å². The molecule has 0 bridgehead atoms. The summed E-state index contributed by atoms with van der Waals surface area (Å²) in [5.74, 6) is 0.997. The standard InChI is InChI=1S/C17H25ClN4O/c1-2-20-17(21-11-13-5-7-15(18)8-6-13)22-9-3-4-14(12-22)10-16(19)23/h5-8,14H,2-4,9-12H2,1H3,(H2,19,23)(H,20,21). The molecule has 0 spiro atoms. The molecule has 1 aromatic carbocycles. The summed E-state index contributed by atoms with van der Waals surface area (Å²) in [4.78, 5) is 18.1. The van der Waals surface area contributed by atoms with Crippen molar-refractivity contribution in [2.45, 2.75) is 32.7 Å². The Bertz CT molecular complexity index is 544. The molecule has 1 aliphatic heterocycles. The lowest BCUT2D eigenvalue weighted by Gasteiger charge is -2.34. The van der Waals surface area contributed by atoms with Gasteiger partial charge < -0.3 is 16.0 Å². The van der Waals surface area contributed by atoms with Crippen LogP contribution in [-0.4, -0.2) is 36.4 Å². The Morgan fingerprint density at radius 2 is 2.17 bits per heavy atom. The van der Waals surface area contributed by atoms with E-state index in [0.29, 0.717) is 18.9 Å². The smallest absolute Gasteiger partial charge is 0.217 e. The molecule has 6 heteroatoms. The van der Waals surface area contributed by atoms with Gasteiger partial charge in [-0.25, -0.2) is 4.99 Å². The van der Waals surface area contributed by atoms with Crippen LogP contribution < -0.4 is 11.1 Å². The number of carbonyl (C=O) groups excluding carboxylic acids is 1. The zero-order valence-corrected chi connectivity index (χ0v) is 14.4. The van der Waals surface area contributed by atoms with E-state index >= 15 is 0 Å². The first-order valence-electron chi connectivity index (χ1n) is 8.14. The van der Waals surface area contributed by atoms with E-state index in [4.69, 9.17) is 22.3 Å². The fourth-order valence-corrected chi connectivity index (χ4v) is 3.02. The Kier molecular flexibility index (Phi) is 6.71. The molecule has 1 amide bonds. The van der Waals surface area contributed by atoms with Crippen LogP contribution in [0.2, 0.25) is 5.02 Å². The number of rotatable bonds is 5. The second-order valence-corrected chi connectivity index (χ2v) is 6.36. The van der Waals surface area contributed by atoms with Crippen LogP contribution in [0.5, 0.6) is 0 Å². The summed E-state index contributed by atoms with van der Waals surface area (Å²) in [6, 6.07) is 7.73. The molecule has 0 aromatic heterocycles.